The fourth-order valence-electron chi connectivity index (χ4n) is 2.56. The Balaban J connectivity index is 2.46. The summed E-state index contributed by atoms with van der Waals surface area (Å²) in [5, 5.41) is 9.32. The maximum atomic E-state index is 12.8. The number of aryl methyl sites for hydroxylation is 1. The van der Waals surface area contributed by atoms with E-state index in [1.54, 1.807) is 13.0 Å². The average Bonchev–Trinajstić information content (AvgIpc) is 2.96. The van der Waals surface area contributed by atoms with E-state index in [1.165, 1.54) is 23.5 Å². The first kappa shape index (κ1) is 15.9. The van der Waals surface area contributed by atoms with E-state index in [0.29, 0.717) is 18.5 Å². The van der Waals surface area contributed by atoms with Crippen LogP contribution in [-0.2, 0) is 14.8 Å². The molecule has 0 radical (unpaired) electrons. The Bertz CT molecular complexity index is 641. The predicted molar refractivity (Wildman–Crippen MR) is 76.5 cm³/mol. The van der Waals surface area contributed by atoms with E-state index < -0.39 is 22.0 Å². The van der Waals surface area contributed by atoms with Gasteiger partial charge in [0.1, 0.15) is 0 Å². The number of ether oxygens (including phenoxy) is 1. The molecule has 0 spiro atoms. The quantitative estimate of drug-likeness (QED) is 0.836. The lowest BCUT2D eigenvalue weighted by molar-refractivity contribution is 0.0600. The molecule has 1 fully saturated rings. The molecule has 1 aliphatic rings. The molecule has 116 valence electrons. The van der Waals surface area contributed by atoms with Gasteiger partial charge >= 0.3 is 5.97 Å². The Morgan fingerprint density at radius 1 is 1.48 bits per heavy atom. The Labute approximate surface area is 124 Å². The van der Waals surface area contributed by atoms with Gasteiger partial charge in [0.2, 0.25) is 10.0 Å². The number of hydrogen-bond acceptors (Lipinski definition) is 5. The Hall–Kier alpha value is -1.44. The summed E-state index contributed by atoms with van der Waals surface area (Å²) in [7, 11) is -2.48. The van der Waals surface area contributed by atoms with Gasteiger partial charge < -0.3 is 9.84 Å². The maximum Gasteiger partial charge on any atom is 0.337 e. The van der Waals surface area contributed by atoms with Crippen LogP contribution in [0.5, 0.6) is 0 Å². The lowest BCUT2D eigenvalue weighted by Crippen LogP contribution is -2.38. The second kappa shape index (κ2) is 6.13. The van der Waals surface area contributed by atoms with Crippen LogP contribution in [0.4, 0.5) is 0 Å². The van der Waals surface area contributed by atoms with Gasteiger partial charge in [0.15, 0.2) is 0 Å². The van der Waals surface area contributed by atoms with Crippen LogP contribution in [0.15, 0.2) is 23.1 Å². The molecule has 1 atom stereocenters. The van der Waals surface area contributed by atoms with Crippen LogP contribution in [0.25, 0.3) is 0 Å². The van der Waals surface area contributed by atoms with Crippen LogP contribution in [0.2, 0.25) is 0 Å². The third kappa shape index (κ3) is 2.95. The third-order valence-corrected chi connectivity index (χ3v) is 5.82. The molecule has 0 amide bonds. The first-order chi connectivity index (χ1) is 9.91. The SMILES string of the molecule is COC(=O)c1ccc(C)c(S(=O)(=O)N2CCCC2CO)c1. The molecular formula is C14H19NO5S. The van der Waals surface area contributed by atoms with Gasteiger partial charge in [0.05, 0.1) is 24.2 Å². The highest BCUT2D eigenvalue weighted by Gasteiger charge is 2.35. The molecule has 1 heterocycles. The van der Waals surface area contributed by atoms with E-state index >= 15 is 0 Å². The average molecular weight is 313 g/mol. The van der Waals surface area contributed by atoms with Crippen molar-refractivity contribution in [2.45, 2.75) is 30.7 Å². The van der Waals surface area contributed by atoms with Crippen molar-refractivity contribution in [2.24, 2.45) is 0 Å². The van der Waals surface area contributed by atoms with Crippen LogP contribution >= 0.6 is 0 Å². The Kier molecular flexibility index (Phi) is 4.65. The van der Waals surface area contributed by atoms with Gasteiger partial charge in [-0.1, -0.05) is 6.07 Å². The molecule has 1 aromatic carbocycles. The number of aliphatic hydroxyl groups is 1. The molecule has 0 bridgehead atoms. The van der Waals surface area contributed by atoms with E-state index in [4.69, 9.17) is 0 Å². The third-order valence-electron chi connectivity index (χ3n) is 3.73. The molecule has 1 saturated heterocycles. The van der Waals surface area contributed by atoms with Crippen molar-refractivity contribution >= 4 is 16.0 Å². The highest BCUT2D eigenvalue weighted by Crippen LogP contribution is 2.28. The monoisotopic (exact) mass is 313 g/mol. The number of esters is 1. The summed E-state index contributed by atoms with van der Waals surface area (Å²) in [6.07, 6.45) is 1.37. The fourth-order valence-corrected chi connectivity index (χ4v) is 4.49. The lowest BCUT2D eigenvalue weighted by atomic mass is 10.1. The molecule has 1 N–H and O–H groups in total. The summed E-state index contributed by atoms with van der Waals surface area (Å²) in [5.74, 6) is -0.577. The Morgan fingerprint density at radius 3 is 2.81 bits per heavy atom. The maximum absolute atomic E-state index is 12.8. The van der Waals surface area contributed by atoms with Crippen LogP contribution in [0.1, 0.15) is 28.8 Å². The highest BCUT2D eigenvalue weighted by molar-refractivity contribution is 7.89. The van der Waals surface area contributed by atoms with Crippen molar-refractivity contribution in [2.75, 3.05) is 20.3 Å². The molecule has 0 aliphatic carbocycles. The zero-order valence-electron chi connectivity index (χ0n) is 12.1. The topological polar surface area (TPSA) is 83.9 Å². The molecule has 1 aliphatic heterocycles. The van der Waals surface area contributed by atoms with Crippen molar-refractivity contribution < 1.29 is 23.1 Å². The normalized spacial score (nSPS) is 19.7. The summed E-state index contributed by atoms with van der Waals surface area (Å²) in [6, 6.07) is 4.07. The largest absolute Gasteiger partial charge is 0.465 e. The van der Waals surface area contributed by atoms with Gasteiger partial charge in [-0.15, -0.1) is 0 Å². The van der Waals surface area contributed by atoms with Gasteiger partial charge in [-0.05, 0) is 37.5 Å². The molecule has 21 heavy (non-hydrogen) atoms. The number of aliphatic hydroxyl groups excluding tert-OH is 1. The number of sulfonamides is 1. The summed E-state index contributed by atoms with van der Waals surface area (Å²) >= 11 is 0. The fraction of sp³-hybridized carbons (Fsp3) is 0.500. The molecule has 2 rings (SSSR count). The van der Waals surface area contributed by atoms with E-state index in [2.05, 4.69) is 4.74 Å². The summed E-state index contributed by atoms with van der Waals surface area (Å²) in [5.41, 5.74) is 0.757. The number of carbonyl (C=O) groups is 1. The number of nitrogens with zero attached hydrogens (tertiary/aromatic N) is 1. The number of carbonyl (C=O) groups excluding carboxylic acids is 1. The number of methoxy groups -OCH3 is 1. The van der Waals surface area contributed by atoms with Crippen molar-refractivity contribution in [1.82, 2.24) is 4.31 Å². The van der Waals surface area contributed by atoms with E-state index in [-0.39, 0.29) is 17.1 Å². The highest BCUT2D eigenvalue weighted by atomic mass is 32.2. The van der Waals surface area contributed by atoms with Gasteiger partial charge in [-0.3, -0.25) is 0 Å². The summed E-state index contributed by atoms with van der Waals surface area (Å²) in [6.45, 7) is 1.86. The molecular weight excluding hydrogens is 294 g/mol. The zero-order chi connectivity index (χ0) is 15.6. The zero-order valence-corrected chi connectivity index (χ0v) is 12.9. The minimum Gasteiger partial charge on any atom is -0.465 e. The molecule has 7 heteroatoms. The van der Waals surface area contributed by atoms with Gasteiger partial charge in [-0.2, -0.15) is 4.31 Å². The second-order valence-corrected chi connectivity index (χ2v) is 6.93. The van der Waals surface area contributed by atoms with Crippen molar-refractivity contribution in [3.05, 3.63) is 29.3 Å². The Morgan fingerprint density at radius 2 is 2.19 bits per heavy atom. The lowest BCUT2D eigenvalue weighted by Gasteiger charge is -2.23. The van der Waals surface area contributed by atoms with Crippen LogP contribution in [-0.4, -0.2) is 50.1 Å². The van der Waals surface area contributed by atoms with Crippen LogP contribution in [0, 0.1) is 6.92 Å². The molecule has 1 unspecified atom stereocenters. The molecule has 1 aromatic rings. The van der Waals surface area contributed by atoms with Crippen LogP contribution < -0.4 is 0 Å². The summed E-state index contributed by atoms with van der Waals surface area (Å²) in [4.78, 5) is 11.7. The van der Waals surface area contributed by atoms with Crippen molar-refractivity contribution in [1.29, 1.82) is 0 Å². The van der Waals surface area contributed by atoms with Gasteiger partial charge in [-0.25, -0.2) is 13.2 Å². The first-order valence-corrected chi connectivity index (χ1v) is 8.17. The van der Waals surface area contributed by atoms with E-state index in [1.807, 2.05) is 0 Å². The smallest absolute Gasteiger partial charge is 0.337 e. The number of rotatable bonds is 4. The minimum atomic E-state index is -3.73. The van der Waals surface area contributed by atoms with Crippen LogP contribution in [0.3, 0.4) is 0 Å². The summed E-state index contributed by atoms with van der Waals surface area (Å²) < 4.78 is 31.4. The van der Waals surface area contributed by atoms with E-state index in [9.17, 15) is 18.3 Å². The predicted octanol–water partition coefficient (Wildman–Crippen LogP) is 0.927. The molecule has 0 aromatic heterocycles. The van der Waals surface area contributed by atoms with Crippen molar-refractivity contribution in [3.63, 3.8) is 0 Å². The standard InChI is InChI=1S/C14H19NO5S/c1-10-5-6-11(14(17)20-2)8-13(10)21(18,19)15-7-3-4-12(15)9-16/h5-6,8,12,16H,3-4,7,9H2,1-2H3. The molecule has 6 nitrogen and oxygen atoms in total. The number of hydrogen-bond donors (Lipinski definition) is 1. The van der Waals surface area contributed by atoms with Crippen molar-refractivity contribution in [3.8, 4) is 0 Å². The van der Waals surface area contributed by atoms with Gasteiger partial charge in [0.25, 0.3) is 0 Å². The van der Waals surface area contributed by atoms with E-state index in [0.717, 1.165) is 6.42 Å². The second-order valence-electron chi connectivity index (χ2n) is 5.07. The number of benzene rings is 1. The first-order valence-electron chi connectivity index (χ1n) is 6.73. The van der Waals surface area contributed by atoms with Gasteiger partial charge in [0, 0.05) is 12.6 Å². The minimum absolute atomic E-state index is 0.0887. The molecule has 0 saturated carbocycles.